The van der Waals surface area contributed by atoms with Gasteiger partial charge in [-0.3, -0.25) is 0 Å². The first-order valence-electron chi connectivity index (χ1n) is 7.78. The molecule has 0 saturated carbocycles. The van der Waals surface area contributed by atoms with Crippen molar-refractivity contribution in [2.24, 2.45) is 0 Å². The van der Waals surface area contributed by atoms with Crippen LogP contribution in [0.3, 0.4) is 0 Å². The molecule has 0 amide bonds. The molecule has 0 heterocycles. The molecule has 0 radical (unpaired) electrons. The Hall–Kier alpha value is 0.708. The Labute approximate surface area is 151 Å². The molecule has 0 spiro atoms. The Morgan fingerprint density at radius 3 is 1.43 bits per heavy atom. The van der Waals surface area contributed by atoms with Crippen LogP contribution in [0.5, 0.6) is 0 Å². The summed E-state index contributed by atoms with van der Waals surface area (Å²) in [5, 5.41) is 0. The van der Waals surface area contributed by atoms with Crippen LogP contribution in [-0.4, -0.2) is 47.5 Å². The summed E-state index contributed by atoms with van der Waals surface area (Å²) < 4.78 is 24.6. The molecule has 1 atom stereocenters. The third-order valence-electron chi connectivity index (χ3n) is 2.52. The molecule has 0 aromatic heterocycles. The van der Waals surface area contributed by atoms with Gasteiger partial charge in [-0.05, 0) is 71.4 Å². The molecule has 0 aliphatic heterocycles. The molecule has 0 N–H and O–H groups in total. The molecule has 0 saturated heterocycles. The summed E-state index contributed by atoms with van der Waals surface area (Å²) in [5.74, 6) is 0. The lowest BCUT2D eigenvalue weighted by atomic mass is 10.5. The fourth-order valence-corrected chi connectivity index (χ4v) is 20.5. The number of ether oxygens (including phenoxy) is 1. The Morgan fingerprint density at radius 1 is 0.652 bits per heavy atom. The van der Waals surface area contributed by atoms with E-state index in [2.05, 4.69) is 58.9 Å². The maximum absolute atomic E-state index is 6.57. The zero-order chi connectivity index (χ0) is 16.9. The van der Waals surface area contributed by atoms with Gasteiger partial charge in [0.1, 0.15) is 0 Å². The summed E-state index contributed by atoms with van der Waals surface area (Å²) in [6.45, 7) is 20.6. The van der Waals surface area contributed by atoms with Crippen LogP contribution in [0.25, 0.3) is 0 Å². The molecule has 0 aromatic rings. The quantitative estimate of drug-likeness (QED) is 0.343. The standard InChI is InChI=1S/C13H36O4Si4.2CH4/c1-14-12-11-13-21(10,16-19(5,6)7)17-20(8,9)15-18(2,3)4;;/h11-13H2,1-10H3;2*1H4. The zero-order valence-electron chi connectivity index (χ0n) is 15.8. The normalized spacial score (nSPS) is 15.4. The molecule has 23 heavy (non-hydrogen) atoms. The average molecular weight is 401 g/mol. The Morgan fingerprint density at radius 2 is 1.09 bits per heavy atom. The number of rotatable bonds is 10. The summed E-state index contributed by atoms with van der Waals surface area (Å²) in [6.07, 6.45) is 0.987. The molecular formula is C15H44O4Si4. The van der Waals surface area contributed by atoms with Crippen LogP contribution in [0, 0.1) is 0 Å². The molecule has 0 fully saturated rings. The van der Waals surface area contributed by atoms with E-state index in [0.29, 0.717) is 0 Å². The second kappa shape index (κ2) is 10.6. The first kappa shape index (κ1) is 28.5. The van der Waals surface area contributed by atoms with E-state index in [4.69, 9.17) is 17.1 Å². The van der Waals surface area contributed by atoms with Gasteiger partial charge in [0, 0.05) is 13.7 Å². The minimum absolute atomic E-state index is 0. The Kier molecular flexibility index (Phi) is 13.2. The highest BCUT2D eigenvalue weighted by atomic mass is 28.5. The van der Waals surface area contributed by atoms with E-state index in [-0.39, 0.29) is 14.9 Å². The molecule has 0 aromatic carbocycles. The highest BCUT2D eigenvalue weighted by molar-refractivity contribution is 6.89. The van der Waals surface area contributed by atoms with Gasteiger partial charge in [-0.15, -0.1) is 0 Å². The monoisotopic (exact) mass is 400 g/mol. The average Bonchev–Trinajstić information content (AvgIpc) is 2.08. The molecule has 0 rings (SSSR count). The van der Waals surface area contributed by atoms with E-state index >= 15 is 0 Å². The zero-order valence-corrected chi connectivity index (χ0v) is 19.8. The van der Waals surface area contributed by atoms with Gasteiger partial charge in [-0.25, -0.2) is 0 Å². The molecule has 1 unspecified atom stereocenters. The largest absolute Gasteiger partial charge is 0.437 e. The van der Waals surface area contributed by atoms with Gasteiger partial charge in [-0.1, -0.05) is 14.9 Å². The third kappa shape index (κ3) is 16.0. The minimum atomic E-state index is -2.22. The van der Waals surface area contributed by atoms with E-state index in [9.17, 15) is 0 Å². The SMILES string of the molecule is C.C.COCCC[Si](C)(O[Si](C)(C)C)O[Si](C)(C)O[Si](C)(C)C. The second-order valence-corrected chi connectivity index (χ2v) is 24.6. The van der Waals surface area contributed by atoms with E-state index < -0.39 is 33.8 Å². The topological polar surface area (TPSA) is 36.9 Å². The Bertz CT molecular complexity index is 314. The van der Waals surface area contributed by atoms with Crippen molar-refractivity contribution < 1.29 is 17.1 Å². The van der Waals surface area contributed by atoms with Crippen LogP contribution in [0.15, 0.2) is 0 Å². The summed E-state index contributed by atoms with van der Waals surface area (Å²) in [7, 11) is -5.87. The second-order valence-electron chi connectivity index (χ2n) is 8.16. The molecule has 0 aliphatic carbocycles. The van der Waals surface area contributed by atoms with Crippen LogP contribution in [0.1, 0.15) is 21.3 Å². The van der Waals surface area contributed by atoms with Gasteiger partial charge in [-0.2, -0.15) is 0 Å². The first-order valence-corrected chi connectivity index (χ1v) is 19.9. The lowest BCUT2D eigenvalue weighted by Crippen LogP contribution is -2.56. The molecule has 144 valence electrons. The first-order chi connectivity index (χ1) is 9.18. The van der Waals surface area contributed by atoms with Crippen molar-refractivity contribution >= 4 is 33.8 Å². The fourth-order valence-electron chi connectivity index (χ4n) is 2.59. The van der Waals surface area contributed by atoms with E-state index in [1.807, 2.05) is 0 Å². The van der Waals surface area contributed by atoms with Crippen molar-refractivity contribution in [3.63, 3.8) is 0 Å². The maximum Gasteiger partial charge on any atom is 0.315 e. The van der Waals surface area contributed by atoms with E-state index in [1.54, 1.807) is 7.11 Å². The number of hydrogen-bond donors (Lipinski definition) is 0. The lowest BCUT2D eigenvalue weighted by Gasteiger charge is -2.41. The Balaban J connectivity index is -0.00000200. The molecule has 8 heteroatoms. The van der Waals surface area contributed by atoms with Crippen LogP contribution >= 0.6 is 0 Å². The maximum atomic E-state index is 6.57. The minimum Gasteiger partial charge on any atom is -0.437 e. The van der Waals surface area contributed by atoms with Crippen molar-refractivity contribution in [1.29, 1.82) is 0 Å². The fraction of sp³-hybridized carbons (Fsp3) is 1.00. The van der Waals surface area contributed by atoms with E-state index in [1.165, 1.54) is 0 Å². The molecule has 4 nitrogen and oxygen atoms in total. The highest BCUT2D eigenvalue weighted by Crippen LogP contribution is 2.27. The van der Waals surface area contributed by atoms with Crippen LogP contribution in [0.2, 0.25) is 65.0 Å². The summed E-state index contributed by atoms with van der Waals surface area (Å²) in [4.78, 5) is 0. The predicted molar refractivity (Wildman–Crippen MR) is 114 cm³/mol. The van der Waals surface area contributed by atoms with Gasteiger partial charge < -0.3 is 17.1 Å². The third-order valence-corrected chi connectivity index (χ3v) is 16.1. The van der Waals surface area contributed by atoms with Crippen molar-refractivity contribution in [3.05, 3.63) is 0 Å². The predicted octanol–water partition coefficient (Wildman–Crippen LogP) is 5.79. The summed E-state index contributed by atoms with van der Waals surface area (Å²) in [5.41, 5.74) is 0. The number of hydrogen-bond acceptors (Lipinski definition) is 4. The summed E-state index contributed by atoms with van der Waals surface area (Å²) >= 11 is 0. The van der Waals surface area contributed by atoms with E-state index in [0.717, 1.165) is 19.1 Å². The molecule has 0 bridgehead atoms. The lowest BCUT2D eigenvalue weighted by molar-refractivity contribution is 0.195. The van der Waals surface area contributed by atoms with Crippen molar-refractivity contribution in [2.75, 3.05) is 13.7 Å². The van der Waals surface area contributed by atoms with Crippen LogP contribution < -0.4 is 0 Å². The van der Waals surface area contributed by atoms with Gasteiger partial charge in [0.25, 0.3) is 0 Å². The van der Waals surface area contributed by atoms with Crippen LogP contribution in [0.4, 0.5) is 0 Å². The van der Waals surface area contributed by atoms with Gasteiger partial charge in [0.2, 0.25) is 0 Å². The van der Waals surface area contributed by atoms with Gasteiger partial charge in [0.15, 0.2) is 16.6 Å². The van der Waals surface area contributed by atoms with Crippen molar-refractivity contribution in [1.82, 2.24) is 0 Å². The van der Waals surface area contributed by atoms with Gasteiger partial charge in [0.05, 0.1) is 0 Å². The molecular weight excluding hydrogens is 357 g/mol. The van der Waals surface area contributed by atoms with Crippen LogP contribution in [-0.2, 0) is 17.1 Å². The van der Waals surface area contributed by atoms with Crippen molar-refractivity contribution in [2.45, 2.75) is 86.2 Å². The smallest absolute Gasteiger partial charge is 0.315 e. The van der Waals surface area contributed by atoms with Crippen molar-refractivity contribution in [3.8, 4) is 0 Å². The summed E-state index contributed by atoms with van der Waals surface area (Å²) in [6, 6.07) is 0.969. The number of methoxy groups -OCH3 is 1. The molecule has 0 aliphatic rings. The van der Waals surface area contributed by atoms with Gasteiger partial charge >= 0.3 is 17.1 Å². The highest BCUT2D eigenvalue weighted by Gasteiger charge is 2.44.